The molecular formula is C18H17N5O3. The summed E-state index contributed by atoms with van der Waals surface area (Å²) >= 11 is 0. The minimum atomic E-state index is -1.04. The van der Waals surface area contributed by atoms with Gasteiger partial charge in [0.15, 0.2) is 0 Å². The lowest BCUT2D eigenvalue weighted by Gasteiger charge is -2.32. The molecule has 0 aliphatic carbocycles. The number of nitrogens with zero attached hydrogens (tertiary/aromatic N) is 4. The van der Waals surface area contributed by atoms with Gasteiger partial charge in [-0.25, -0.2) is 9.78 Å². The van der Waals surface area contributed by atoms with E-state index < -0.39 is 12.0 Å². The molecule has 2 aromatic heterocycles. The lowest BCUT2D eigenvalue weighted by molar-refractivity contribution is -0.142. The third kappa shape index (κ3) is 2.97. The lowest BCUT2D eigenvalue weighted by Crippen LogP contribution is -2.48. The topological polar surface area (TPSA) is 104 Å². The van der Waals surface area contributed by atoms with E-state index in [1.54, 1.807) is 10.9 Å². The summed E-state index contributed by atoms with van der Waals surface area (Å²) in [6, 6.07) is 8.85. The Kier molecular flexibility index (Phi) is 4.00. The second-order valence-electron chi connectivity index (χ2n) is 6.23. The second-order valence-corrected chi connectivity index (χ2v) is 6.23. The van der Waals surface area contributed by atoms with Crippen LogP contribution in [0, 0.1) is 0 Å². The number of aliphatic carboxylic acids is 1. The van der Waals surface area contributed by atoms with Gasteiger partial charge in [-0.15, -0.1) is 0 Å². The van der Waals surface area contributed by atoms with Crippen molar-refractivity contribution in [2.24, 2.45) is 0 Å². The van der Waals surface area contributed by atoms with Crippen molar-refractivity contribution in [3.8, 4) is 0 Å². The van der Waals surface area contributed by atoms with Crippen LogP contribution >= 0.6 is 0 Å². The number of hydrogen-bond donors (Lipinski definition) is 2. The van der Waals surface area contributed by atoms with Gasteiger partial charge in [-0.2, -0.15) is 5.10 Å². The predicted molar refractivity (Wildman–Crippen MR) is 91.4 cm³/mol. The van der Waals surface area contributed by atoms with Gasteiger partial charge >= 0.3 is 5.97 Å². The number of nitrogens with one attached hydrogen (secondary N) is 1. The van der Waals surface area contributed by atoms with Crippen LogP contribution in [-0.4, -0.2) is 47.7 Å². The molecule has 0 fully saturated rings. The number of carboxylic acid groups (broad SMARTS) is 1. The summed E-state index contributed by atoms with van der Waals surface area (Å²) in [7, 11) is 0. The number of aromatic amines is 1. The molecule has 1 atom stereocenters. The van der Waals surface area contributed by atoms with Crippen molar-refractivity contribution in [3.05, 3.63) is 71.6 Å². The zero-order valence-electron chi connectivity index (χ0n) is 13.9. The molecule has 1 aliphatic heterocycles. The highest BCUT2D eigenvalue weighted by Gasteiger charge is 2.36. The van der Waals surface area contributed by atoms with Crippen molar-refractivity contribution in [3.63, 3.8) is 0 Å². The zero-order valence-corrected chi connectivity index (χ0v) is 13.9. The summed E-state index contributed by atoms with van der Waals surface area (Å²) in [6.45, 7) is 0.732. The van der Waals surface area contributed by atoms with Crippen LogP contribution < -0.4 is 0 Å². The van der Waals surface area contributed by atoms with Gasteiger partial charge in [0.1, 0.15) is 6.04 Å². The number of carbonyl (C=O) groups excluding carboxylic acids is 1. The van der Waals surface area contributed by atoms with Crippen molar-refractivity contribution in [2.45, 2.75) is 25.6 Å². The number of imidazole rings is 1. The van der Waals surface area contributed by atoms with Crippen molar-refractivity contribution >= 4 is 11.9 Å². The van der Waals surface area contributed by atoms with Crippen LogP contribution in [0.25, 0.3) is 0 Å². The summed E-state index contributed by atoms with van der Waals surface area (Å²) < 4.78 is 1.67. The van der Waals surface area contributed by atoms with E-state index >= 15 is 0 Å². The standard InChI is InChI=1S/C18H17N5O3/c24-17(13-7-21-22(9-13)8-12-4-2-1-3-5-12)23-10-15-14(19-11-20-15)6-16(23)18(25)26/h1-5,7,9,11,16H,6,8,10H2,(H,19,20)(H,25,26)/t16-/m0/s1. The Labute approximate surface area is 149 Å². The lowest BCUT2D eigenvalue weighted by atomic mass is 10.0. The first-order valence-corrected chi connectivity index (χ1v) is 8.23. The first-order chi connectivity index (χ1) is 12.6. The summed E-state index contributed by atoms with van der Waals surface area (Å²) in [5.41, 5.74) is 2.90. The molecule has 8 nitrogen and oxygen atoms in total. The summed E-state index contributed by atoms with van der Waals surface area (Å²) in [4.78, 5) is 33.0. The molecule has 1 aliphatic rings. The number of aromatic nitrogens is 4. The van der Waals surface area contributed by atoms with Crippen LogP contribution in [0.4, 0.5) is 0 Å². The average molecular weight is 351 g/mol. The SMILES string of the molecule is O=C(O)[C@@H]1Cc2nc[nH]c2CN1C(=O)c1cnn(Cc2ccccc2)c1. The highest BCUT2D eigenvalue weighted by molar-refractivity contribution is 5.96. The average Bonchev–Trinajstić information content (AvgIpc) is 3.29. The Hall–Kier alpha value is -3.42. The summed E-state index contributed by atoms with van der Waals surface area (Å²) in [5.74, 6) is -1.39. The highest BCUT2D eigenvalue weighted by atomic mass is 16.4. The minimum Gasteiger partial charge on any atom is -0.480 e. The Bertz CT molecular complexity index is 947. The third-order valence-corrected chi connectivity index (χ3v) is 4.51. The molecule has 0 saturated carbocycles. The molecule has 4 rings (SSSR count). The Balaban J connectivity index is 1.56. The molecule has 0 saturated heterocycles. The van der Waals surface area contributed by atoms with E-state index in [-0.39, 0.29) is 18.9 Å². The van der Waals surface area contributed by atoms with Gasteiger partial charge in [0.25, 0.3) is 5.91 Å². The van der Waals surface area contributed by atoms with E-state index in [0.717, 1.165) is 11.3 Å². The van der Waals surface area contributed by atoms with Gasteiger partial charge in [0.2, 0.25) is 0 Å². The number of rotatable bonds is 4. The van der Waals surface area contributed by atoms with Crippen molar-refractivity contribution in [1.82, 2.24) is 24.6 Å². The van der Waals surface area contributed by atoms with Crippen LogP contribution in [0.15, 0.2) is 49.1 Å². The van der Waals surface area contributed by atoms with E-state index in [1.165, 1.54) is 17.4 Å². The normalized spacial score (nSPS) is 16.3. The zero-order chi connectivity index (χ0) is 18.1. The van der Waals surface area contributed by atoms with Crippen molar-refractivity contribution in [2.75, 3.05) is 0 Å². The summed E-state index contributed by atoms with van der Waals surface area (Å²) in [5, 5.41) is 13.7. The van der Waals surface area contributed by atoms with Crippen LogP contribution in [0.2, 0.25) is 0 Å². The van der Waals surface area contributed by atoms with Gasteiger partial charge in [-0.1, -0.05) is 30.3 Å². The maximum Gasteiger partial charge on any atom is 0.326 e. The third-order valence-electron chi connectivity index (χ3n) is 4.51. The monoisotopic (exact) mass is 351 g/mol. The molecule has 0 radical (unpaired) electrons. The van der Waals surface area contributed by atoms with Crippen molar-refractivity contribution in [1.29, 1.82) is 0 Å². The molecular weight excluding hydrogens is 334 g/mol. The largest absolute Gasteiger partial charge is 0.480 e. The van der Waals surface area contributed by atoms with Crippen LogP contribution in [0.1, 0.15) is 27.3 Å². The fourth-order valence-corrected chi connectivity index (χ4v) is 3.17. The smallest absolute Gasteiger partial charge is 0.326 e. The van der Waals surface area contributed by atoms with Gasteiger partial charge < -0.3 is 15.0 Å². The van der Waals surface area contributed by atoms with Gasteiger partial charge in [-0.3, -0.25) is 9.48 Å². The fraction of sp³-hybridized carbons (Fsp3) is 0.222. The quantitative estimate of drug-likeness (QED) is 0.737. The summed E-state index contributed by atoms with van der Waals surface area (Å²) in [6.07, 6.45) is 4.84. The molecule has 1 amide bonds. The number of hydrogen-bond acceptors (Lipinski definition) is 4. The number of H-pyrrole nitrogens is 1. The highest BCUT2D eigenvalue weighted by Crippen LogP contribution is 2.23. The molecule has 132 valence electrons. The maximum absolute atomic E-state index is 12.9. The number of benzene rings is 1. The predicted octanol–water partition coefficient (Wildman–Crippen LogP) is 1.31. The van der Waals surface area contributed by atoms with Crippen molar-refractivity contribution < 1.29 is 14.7 Å². The Morgan fingerprint density at radius 1 is 1.27 bits per heavy atom. The first-order valence-electron chi connectivity index (χ1n) is 8.23. The molecule has 2 N–H and O–H groups in total. The number of fused-ring (bicyclic) bond motifs is 1. The Morgan fingerprint density at radius 2 is 2.08 bits per heavy atom. The molecule has 26 heavy (non-hydrogen) atoms. The number of carbonyl (C=O) groups is 2. The van der Waals surface area contributed by atoms with Gasteiger partial charge in [-0.05, 0) is 5.56 Å². The molecule has 3 heterocycles. The number of carboxylic acids is 1. The molecule has 1 aromatic carbocycles. The molecule has 0 unspecified atom stereocenters. The van der Waals surface area contributed by atoms with Gasteiger partial charge in [0.05, 0.1) is 42.6 Å². The van der Waals surface area contributed by atoms with Crippen LogP contribution in [-0.2, 0) is 24.3 Å². The van der Waals surface area contributed by atoms with E-state index in [4.69, 9.17) is 0 Å². The maximum atomic E-state index is 12.9. The van der Waals surface area contributed by atoms with Crippen LogP contribution in [0.3, 0.4) is 0 Å². The van der Waals surface area contributed by atoms with E-state index in [2.05, 4.69) is 15.1 Å². The Morgan fingerprint density at radius 3 is 2.85 bits per heavy atom. The van der Waals surface area contributed by atoms with E-state index in [0.29, 0.717) is 17.8 Å². The van der Waals surface area contributed by atoms with Crippen LogP contribution in [0.5, 0.6) is 0 Å². The second kappa shape index (κ2) is 6.47. The van der Waals surface area contributed by atoms with E-state index in [1.807, 2.05) is 30.3 Å². The fourth-order valence-electron chi connectivity index (χ4n) is 3.17. The minimum absolute atomic E-state index is 0.189. The van der Waals surface area contributed by atoms with E-state index in [9.17, 15) is 14.7 Å². The molecule has 3 aromatic rings. The molecule has 0 bridgehead atoms. The molecule has 0 spiro atoms. The van der Waals surface area contributed by atoms with Gasteiger partial charge in [0, 0.05) is 12.6 Å². The molecule has 8 heteroatoms. The number of amides is 1. The first kappa shape index (κ1) is 16.1.